The van der Waals surface area contributed by atoms with Crippen LogP contribution in [0, 0.1) is 0 Å². The summed E-state index contributed by atoms with van der Waals surface area (Å²) in [5, 5.41) is 5.00. The predicted molar refractivity (Wildman–Crippen MR) is 91.1 cm³/mol. The van der Waals surface area contributed by atoms with Gasteiger partial charge in [0.1, 0.15) is 4.88 Å². The number of amides is 1. The number of rotatable bonds is 5. The summed E-state index contributed by atoms with van der Waals surface area (Å²) in [6.45, 7) is 9.82. The maximum absolute atomic E-state index is 12.5. The average molecular weight is 349 g/mol. The van der Waals surface area contributed by atoms with Crippen molar-refractivity contribution in [1.29, 1.82) is 0 Å². The molecule has 0 spiro atoms. The molecule has 0 atom stereocenters. The monoisotopic (exact) mass is 349 g/mol. The second-order valence-electron chi connectivity index (χ2n) is 6.24. The van der Waals surface area contributed by atoms with Crippen molar-refractivity contribution in [3.05, 3.63) is 27.8 Å². The van der Waals surface area contributed by atoms with Gasteiger partial charge in [-0.15, -0.1) is 11.3 Å². The molecule has 7 nitrogen and oxygen atoms in total. The summed E-state index contributed by atoms with van der Waals surface area (Å²) in [6.07, 6.45) is 2.57. The number of aromatic nitrogens is 3. The fraction of sp³-hybridized carbons (Fsp3) is 0.625. The molecule has 1 saturated heterocycles. The van der Waals surface area contributed by atoms with Crippen molar-refractivity contribution in [3.63, 3.8) is 0 Å². The highest BCUT2D eigenvalue weighted by molar-refractivity contribution is 7.13. The molecule has 3 rings (SSSR count). The zero-order valence-electron chi connectivity index (χ0n) is 14.4. The Bertz CT molecular complexity index is 688. The number of carbonyl (C=O) groups excluding carboxylic acids is 1. The molecule has 1 aliphatic heterocycles. The van der Waals surface area contributed by atoms with E-state index in [-0.39, 0.29) is 11.8 Å². The van der Waals surface area contributed by atoms with Gasteiger partial charge in [-0.05, 0) is 6.42 Å². The Hall–Kier alpha value is -1.80. The Morgan fingerprint density at radius 1 is 1.33 bits per heavy atom. The Balaban J connectivity index is 1.52. The zero-order valence-corrected chi connectivity index (χ0v) is 15.2. The van der Waals surface area contributed by atoms with Gasteiger partial charge >= 0.3 is 0 Å². The van der Waals surface area contributed by atoms with E-state index in [2.05, 4.69) is 20.0 Å². The number of hydrogen-bond acceptors (Lipinski definition) is 7. The Morgan fingerprint density at radius 2 is 2.08 bits per heavy atom. The minimum absolute atomic E-state index is 0.0896. The lowest BCUT2D eigenvalue weighted by atomic mass is 10.2. The van der Waals surface area contributed by atoms with Crippen molar-refractivity contribution in [1.82, 2.24) is 24.9 Å². The first kappa shape index (κ1) is 17.0. The van der Waals surface area contributed by atoms with E-state index < -0.39 is 0 Å². The van der Waals surface area contributed by atoms with Crippen LogP contribution in [0.4, 0.5) is 0 Å². The largest absolute Gasteiger partial charge is 0.338 e. The molecule has 24 heavy (non-hydrogen) atoms. The molecule has 130 valence electrons. The Kier molecular flexibility index (Phi) is 5.25. The number of aryl methyl sites for hydroxylation is 1. The van der Waals surface area contributed by atoms with Crippen LogP contribution >= 0.6 is 11.3 Å². The third kappa shape index (κ3) is 3.81. The van der Waals surface area contributed by atoms with E-state index >= 15 is 0 Å². The van der Waals surface area contributed by atoms with Crippen LogP contribution in [0.3, 0.4) is 0 Å². The van der Waals surface area contributed by atoms with E-state index in [4.69, 9.17) is 4.52 Å². The smallest absolute Gasteiger partial charge is 0.265 e. The topological polar surface area (TPSA) is 75.4 Å². The van der Waals surface area contributed by atoms with E-state index in [0.29, 0.717) is 25.5 Å². The van der Waals surface area contributed by atoms with Gasteiger partial charge in [0.05, 0.1) is 17.7 Å². The van der Waals surface area contributed by atoms with Crippen molar-refractivity contribution in [2.24, 2.45) is 0 Å². The molecule has 0 radical (unpaired) electrons. The molecule has 3 heterocycles. The van der Waals surface area contributed by atoms with Crippen LogP contribution in [-0.2, 0) is 13.0 Å². The fourth-order valence-corrected chi connectivity index (χ4v) is 3.42. The first-order chi connectivity index (χ1) is 11.6. The standard InChI is InChI=1S/C16H23N5O2S/c1-4-14-17-9-12(24-14)16(22)21-7-5-20(6-8-21)10-13-18-15(11(2)3)19-23-13/h9,11H,4-8,10H2,1-3H3. The fourth-order valence-electron chi connectivity index (χ4n) is 2.60. The van der Waals surface area contributed by atoms with Crippen molar-refractivity contribution < 1.29 is 9.32 Å². The quantitative estimate of drug-likeness (QED) is 0.823. The summed E-state index contributed by atoms with van der Waals surface area (Å²) in [4.78, 5) is 26.1. The highest BCUT2D eigenvalue weighted by Gasteiger charge is 2.24. The van der Waals surface area contributed by atoms with Crippen molar-refractivity contribution in [2.45, 2.75) is 39.7 Å². The molecule has 0 unspecified atom stereocenters. The van der Waals surface area contributed by atoms with E-state index in [0.717, 1.165) is 35.2 Å². The van der Waals surface area contributed by atoms with Crippen molar-refractivity contribution in [3.8, 4) is 0 Å². The van der Waals surface area contributed by atoms with Crippen LogP contribution in [0.2, 0.25) is 0 Å². The molecule has 0 aromatic carbocycles. The lowest BCUT2D eigenvalue weighted by molar-refractivity contribution is 0.0619. The summed E-state index contributed by atoms with van der Waals surface area (Å²) in [7, 11) is 0. The SMILES string of the molecule is CCc1ncc(C(=O)N2CCN(Cc3nc(C(C)C)no3)CC2)s1. The maximum Gasteiger partial charge on any atom is 0.265 e. The summed E-state index contributed by atoms with van der Waals surface area (Å²) in [6, 6.07) is 0. The maximum atomic E-state index is 12.5. The van der Waals surface area contributed by atoms with Gasteiger partial charge in [-0.1, -0.05) is 25.9 Å². The van der Waals surface area contributed by atoms with E-state index in [1.807, 2.05) is 25.7 Å². The van der Waals surface area contributed by atoms with Crippen LogP contribution in [0.25, 0.3) is 0 Å². The number of carbonyl (C=O) groups is 1. The van der Waals surface area contributed by atoms with Gasteiger partial charge in [0.25, 0.3) is 5.91 Å². The minimum atomic E-state index is 0.0896. The average Bonchev–Trinajstić information content (AvgIpc) is 3.24. The van der Waals surface area contributed by atoms with Gasteiger partial charge in [-0.25, -0.2) is 4.98 Å². The number of hydrogen-bond donors (Lipinski definition) is 0. The predicted octanol–water partition coefficient (Wildman–Crippen LogP) is 2.17. The summed E-state index contributed by atoms with van der Waals surface area (Å²) in [5.41, 5.74) is 0. The van der Waals surface area contributed by atoms with Gasteiger partial charge in [0.2, 0.25) is 5.89 Å². The van der Waals surface area contributed by atoms with Gasteiger partial charge in [0, 0.05) is 32.1 Å². The van der Waals surface area contributed by atoms with Gasteiger partial charge in [-0.3, -0.25) is 9.69 Å². The lowest BCUT2D eigenvalue weighted by Crippen LogP contribution is -2.48. The van der Waals surface area contributed by atoms with Crippen LogP contribution < -0.4 is 0 Å². The first-order valence-corrected chi connectivity index (χ1v) is 9.17. The summed E-state index contributed by atoms with van der Waals surface area (Å²) < 4.78 is 5.30. The number of nitrogens with zero attached hydrogens (tertiary/aromatic N) is 5. The normalized spacial score (nSPS) is 16.1. The van der Waals surface area contributed by atoms with Gasteiger partial charge < -0.3 is 9.42 Å². The molecule has 0 aliphatic carbocycles. The number of thiazole rings is 1. The van der Waals surface area contributed by atoms with Crippen LogP contribution in [0.15, 0.2) is 10.7 Å². The molecular weight excluding hydrogens is 326 g/mol. The number of piperazine rings is 1. The van der Waals surface area contributed by atoms with Crippen LogP contribution in [-0.4, -0.2) is 57.0 Å². The molecule has 1 fully saturated rings. The molecule has 0 saturated carbocycles. The highest BCUT2D eigenvalue weighted by Crippen LogP contribution is 2.17. The van der Waals surface area contributed by atoms with Crippen LogP contribution in [0.5, 0.6) is 0 Å². The Morgan fingerprint density at radius 3 is 2.67 bits per heavy atom. The second kappa shape index (κ2) is 7.40. The van der Waals surface area contributed by atoms with Gasteiger partial charge in [-0.2, -0.15) is 4.98 Å². The summed E-state index contributed by atoms with van der Waals surface area (Å²) in [5.74, 6) is 1.75. The second-order valence-corrected chi connectivity index (χ2v) is 7.36. The minimum Gasteiger partial charge on any atom is -0.338 e. The molecule has 0 N–H and O–H groups in total. The molecule has 0 bridgehead atoms. The van der Waals surface area contributed by atoms with Crippen molar-refractivity contribution >= 4 is 17.2 Å². The van der Waals surface area contributed by atoms with Crippen LogP contribution in [0.1, 0.15) is 53.1 Å². The summed E-state index contributed by atoms with van der Waals surface area (Å²) >= 11 is 1.49. The molecule has 1 amide bonds. The molecular formula is C16H23N5O2S. The van der Waals surface area contributed by atoms with E-state index in [9.17, 15) is 4.79 Å². The van der Waals surface area contributed by atoms with E-state index in [1.165, 1.54) is 11.3 Å². The Labute approximate surface area is 145 Å². The third-order valence-electron chi connectivity index (χ3n) is 4.09. The molecule has 2 aromatic heterocycles. The highest BCUT2D eigenvalue weighted by atomic mass is 32.1. The molecule has 1 aliphatic rings. The van der Waals surface area contributed by atoms with Gasteiger partial charge in [0.15, 0.2) is 5.82 Å². The van der Waals surface area contributed by atoms with E-state index in [1.54, 1.807) is 6.20 Å². The molecule has 8 heteroatoms. The van der Waals surface area contributed by atoms with Crippen molar-refractivity contribution in [2.75, 3.05) is 26.2 Å². The third-order valence-corrected chi connectivity index (χ3v) is 5.22. The zero-order chi connectivity index (χ0) is 17.1. The lowest BCUT2D eigenvalue weighted by Gasteiger charge is -2.33. The molecule has 2 aromatic rings. The first-order valence-electron chi connectivity index (χ1n) is 8.35.